The number of aromatic hydroxyl groups is 1. The normalized spacial score (nSPS) is 18.8. The van der Waals surface area contributed by atoms with E-state index in [0.717, 1.165) is 17.5 Å². The summed E-state index contributed by atoms with van der Waals surface area (Å²) in [7, 11) is 0. The number of halogens is 6. The van der Waals surface area contributed by atoms with Crippen LogP contribution >= 0.6 is 11.3 Å². The van der Waals surface area contributed by atoms with Gasteiger partial charge in [0.25, 0.3) is 5.91 Å². The summed E-state index contributed by atoms with van der Waals surface area (Å²) >= 11 is 0.481. The fraction of sp³-hybridized carbons (Fsp3) is 0.538. The number of aromatic nitrogens is 1. The number of carboxylic acid groups (broad SMARTS) is 1. The average Bonchev–Trinajstić information content (AvgIpc) is 3.62. The Bertz CT molecular complexity index is 1740. The number of hydrogen-bond acceptors (Lipinski definition) is 8. The second-order valence-corrected chi connectivity index (χ2v) is 14.4. The van der Waals surface area contributed by atoms with E-state index in [1.165, 1.54) is 11.1 Å². The van der Waals surface area contributed by atoms with Gasteiger partial charge in [-0.05, 0) is 50.3 Å². The van der Waals surface area contributed by atoms with Gasteiger partial charge in [-0.25, -0.2) is 0 Å². The minimum absolute atomic E-state index is 0.0436. The van der Waals surface area contributed by atoms with Crippen LogP contribution in [0.15, 0.2) is 54.0 Å². The van der Waals surface area contributed by atoms with Crippen LogP contribution in [0.1, 0.15) is 99.1 Å². The number of ether oxygens (including phenoxy) is 1. The number of hydrogen-bond donors (Lipinski definition) is 3. The first-order valence-corrected chi connectivity index (χ1v) is 19.4. The molecule has 0 saturated carbocycles. The predicted octanol–water partition coefficient (Wildman–Crippen LogP) is 8.62. The monoisotopic (exact) mass is 817 g/mol. The maximum atomic E-state index is 13.9. The Balaban J connectivity index is 0.000000602. The Kier molecular flexibility index (Phi) is 16.6. The SMILES string of the molecule is CC.CCCC1C(C(=O)N2CCC(O)(c3ccccc3OCC(C)CC(=O)O)CC2)CCCN1C(=O)c1ncccc1C(F)(F)F.Oc1csc(C(F)(F)F)c1. The number of carbonyl (C=O) groups is 3. The number of piperidine rings is 2. The van der Waals surface area contributed by atoms with Gasteiger partial charge < -0.3 is 29.9 Å². The third kappa shape index (κ3) is 12.1. The number of rotatable bonds is 10. The van der Waals surface area contributed by atoms with Crippen molar-refractivity contribution < 1.29 is 60.8 Å². The number of carbonyl (C=O) groups excluding carboxylic acids is 2. The molecule has 0 spiro atoms. The molecule has 0 aliphatic carbocycles. The fourth-order valence-corrected chi connectivity index (χ4v) is 7.47. The Morgan fingerprint density at radius 2 is 1.68 bits per heavy atom. The van der Waals surface area contributed by atoms with Crippen LogP contribution in [0.3, 0.4) is 0 Å². The molecule has 2 fully saturated rings. The van der Waals surface area contributed by atoms with E-state index in [1.54, 1.807) is 36.1 Å². The first-order valence-electron chi connectivity index (χ1n) is 18.5. The number of benzene rings is 1. The van der Waals surface area contributed by atoms with Gasteiger partial charge >= 0.3 is 18.3 Å². The van der Waals surface area contributed by atoms with Gasteiger partial charge in [-0.2, -0.15) is 26.3 Å². The Morgan fingerprint density at radius 3 is 2.23 bits per heavy atom. The van der Waals surface area contributed by atoms with Crippen LogP contribution in [-0.2, 0) is 27.5 Å². The summed E-state index contributed by atoms with van der Waals surface area (Å²) in [4.78, 5) is 44.5. The highest BCUT2D eigenvalue weighted by Gasteiger charge is 2.45. The Morgan fingerprint density at radius 1 is 1.02 bits per heavy atom. The van der Waals surface area contributed by atoms with Crippen molar-refractivity contribution in [3.63, 3.8) is 0 Å². The van der Waals surface area contributed by atoms with Crippen LogP contribution in [-0.4, -0.2) is 80.2 Å². The van der Waals surface area contributed by atoms with Crippen LogP contribution in [0.25, 0.3) is 0 Å². The molecule has 17 heteroatoms. The third-order valence-corrected chi connectivity index (χ3v) is 10.4. The van der Waals surface area contributed by atoms with Crippen LogP contribution in [0, 0.1) is 11.8 Å². The smallest absolute Gasteiger partial charge is 0.425 e. The van der Waals surface area contributed by atoms with Gasteiger partial charge in [-0.15, -0.1) is 11.3 Å². The maximum Gasteiger partial charge on any atom is 0.425 e. The van der Waals surface area contributed by atoms with E-state index in [1.807, 2.05) is 20.8 Å². The van der Waals surface area contributed by atoms with Gasteiger partial charge in [-0.3, -0.25) is 19.4 Å². The Labute approximate surface area is 326 Å². The summed E-state index contributed by atoms with van der Waals surface area (Å²) < 4.78 is 82.1. The number of pyridine rings is 1. The first kappa shape index (κ1) is 46.0. The molecule has 3 aromatic rings. The van der Waals surface area contributed by atoms with Crippen molar-refractivity contribution in [2.24, 2.45) is 11.8 Å². The Hall–Kier alpha value is -4.38. The van der Waals surface area contributed by atoms with Gasteiger partial charge in [0, 0.05) is 54.8 Å². The standard InChI is InChI=1S/C32H40F3N3O6.C5H3F3OS.C2H6/c1-3-8-25-22(9-7-16-38(25)30(42)28-24(32(33,34)35)11-6-15-36-28)29(41)37-17-13-31(43,14-18-37)23-10-4-5-12-26(23)44-20-21(2)19-27(39)40;6-5(7,8)4-1-3(9)2-10-4;1-2/h4-6,10-12,15,21-22,25,43H,3,7-9,13-14,16-20H2,1-2H3,(H,39,40);1-2,9H;1-2H3. The van der Waals surface area contributed by atoms with Gasteiger partial charge in [0.05, 0.1) is 30.1 Å². The summed E-state index contributed by atoms with van der Waals surface area (Å²) in [5.41, 5.74) is -2.45. The summed E-state index contributed by atoms with van der Waals surface area (Å²) in [5.74, 6) is -2.60. The van der Waals surface area contributed by atoms with Crippen molar-refractivity contribution in [2.45, 2.75) is 96.6 Å². The van der Waals surface area contributed by atoms with Gasteiger partial charge in [0.15, 0.2) is 0 Å². The van der Waals surface area contributed by atoms with E-state index < -0.39 is 57.9 Å². The van der Waals surface area contributed by atoms with Crippen molar-refractivity contribution in [1.82, 2.24) is 14.8 Å². The molecular weight excluding hydrogens is 768 g/mol. The zero-order valence-corrected chi connectivity index (χ0v) is 32.5. The number of thiophene rings is 1. The van der Waals surface area contributed by atoms with Crippen molar-refractivity contribution >= 4 is 29.1 Å². The molecule has 2 aliphatic rings. The number of nitrogens with zero attached hydrogens (tertiary/aromatic N) is 3. The third-order valence-electron chi connectivity index (χ3n) is 9.46. The lowest BCUT2D eigenvalue weighted by Crippen LogP contribution is -2.55. The van der Waals surface area contributed by atoms with Gasteiger partial charge in [-0.1, -0.05) is 52.3 Å². The molecule has 10 nitrogen and oxygen atoms in total. The number of aliphatic hydroxyl groups is 1. The fourth-order valence-electron chi connectivity index (χ4n) is 6.83. The highest BCUT2D eigenvalue weighted by atomic mass is 32.1. The second-order valence-electron chi connectivity index (χ2n) is 13.5. The molecule has 2 saturated heterocycles. The molecule has 0 radical (unpaired) electrons. The lowest BCUT2D eigenvalue weighted by atomic mass is 9.81. The quantitative estimate of drug-likeness (QED) is 0.173. The molecule has 3 atom stereocenters. The number of alkyl halides is 6. The van der Waals surface area contributed by atoms with Crippen LogP contribution in [0.5, 0.6) is 11.5 Å². The van der Waals surface area contributed by atoms with Crippen LogP contribution < -0.4 is 4.74 Å². The second kappa shape index (κ2) is 20.2. The summed E-state index contributed by atoms with van der Waals surface area (Å²) in [6.45, 7) is 8.59. The average molecular weight is 818 g/mol. The number of likely N-dealkylation sites (tertiary alicyclic amines) is 2. The maximum absolute atomic E-state index is 13.9. The lowest BCUT2D eigenvalue weighted by molar-refractivity contribution is -0.144. The number of carboxylic acids is 1. The van der Waals surface area contributed by atoms with Crippen molar-refractivity contribution in [2.75, 3.05) is 26.2 Å². The zero-order valence-electron chi connectivity index (χ0n) is 31.7. The highest BCUT2D eigenvalue weighted by Crippen LogP contribution is 2.40. The minimum Gasteiger partial charge on any atom is -0.507 e. The van der Waals surface area contributed by atoms with Crippen molar-refractivity contribution in [1.29, 1.82) is 0 Å². The highest BCUT2D eigenvalue weighted by molar-refractivity contribution is 7.10. The summed E-state index contributed by atoms with van der Waals surface area (Å²) in [6, 6.07) is 9.17. The van der Waals surface area contributed by atoms with E-state index in [9.17, 15) is 45.8 Å². The molecule has 3 unspecified atom stereocenters. The minimum atomic E-state index is -4.74. The molecule has 3 N–H and O–H groups in total. The largest absolute Gasteiger partial charge is 0.507 e. The molecule has 4 heterocycles. The molecule has 2 aromatic heterocycles. The number of para-hydroxylation sites is 1. The molecule has 5 rings (SSSR count). The van der Waals surface area contributed by atoms with E-state index >= 15 is 0 Å². The van der Waals surface area contributed by atoms with E-state index in [-0.39, 0.29) is 63.1 Å². The molecule has 310 valence electrons. The van der Waals surface area contributed by atoms with E-state index in [4.69, 9.17) is 14.9 Å². The molecule has 56 heavy (non-hydrogen) atoms. The van der Waals surface area contributed by atoms with Crippen molar-refractivity contribution in [3.05, 3.63) is 75.7 Å². The molecule has 1 aromatic carbocycles. The van der Waals surface area contributed by atoms with Gasteiger partial charge in [0.2, 0.25) is 5.91 Å². The molecule has 2 amide bonds. The lowest BCUT2D eigenvalue weighted by Gasteiger charge is -2.45. The number of aliphatic carboxylic acids is 1. The predicted molar refractivity (Wildman–Crippen MR) is 197 cm³/mol. The molecule has 0 bridgehead atoms. The molecular formula is C39H49F6N3O7S. The van der Waals surface area contributed by atoms with Crippen LogP contribution in [0.2, 0.25) is 0 Å². The van der Waals surface area contributed by atoms with Gasteiger partial charge in [0.1, 0.15) is 22.1 Å². The number of amides is 2. The first-order chi connectivity index (χ1) is 26.4. The zero-order chi connectivity index (χ0) is 41.8. The van der Waals surface area contributed by atoms with Crippen LogP contribution in [0.4, 0.5) is 26.3 Å². The summed E-state index contributed by atoms with van der Waals surface area (Å²) in [5, 5.41) is 30.3. The topological polar surface area (TPSA) is 140 Å². The summed E-state index contributed by atoms with van der Waals surface area (Å²) in [6.07, 6.45) is -5.40. The van der Waals surface area contributed by atoms with Crippen molar-refractivity contribution in [3.8, 4) is 11.5 Å². The van der Waals surface area contributed by atoms with E-state index in [0.29, 0.717) is 54.4 Å². The van der Waals surface area contributed by atoms with E-state index in [2.05, 4.69) is 4.98 Å². The molecule has 2 aliphatic heterocycles.